The fraction of sp³-hybridized carbons (Fsp3) is 0.217. The smallest absolute Gasteiger partial charge is 0.251 e. The zero-order chi connectivity index (χ0) is 20.4. The molecule has 1 fully saturated rings. The van der Waals surface area contributed by atoms with Crippen LogP contribution in [-0.2, 0) is 11.3 Å². The molecule has 1 aliphatic rings. The molecule has 3 aromatic carbocycles. The molecule has 4 rings (SSSR count). The average molecular weight is 390 g/mol. The molecule has 6 heteroatoms. The fourth-order valence-electron chi connectivity index (χ4n) is 3.76. The van der Waals surface area contributed by atoms with E-state index in [-0.39, 0.29) is 30.0 Å². The molecular weight excluding hydrogens is 368 g/mol. The van der Waals surface area contributed by atoms with Crippen LogP contribution in [0.5, 0.6) is 11.5 Å². The summed E-state index contributed by atoms with van der Waals surface area (Å²) in [5, 5.41) is 15.0. The van der Waals surface area contributed by atoms with Crippen molar-refractivity contribution < 1.29 is 19.4 Å². The number of likely N-dealkylation sites (tertiary alicyclic amines) is 1. The summed E-state index contributed by atoms with van der Waals surface area (Å²) >= 11 is 0. The number of carbonyl (C=O) groups excluding carboxylic acids is 2. The number of nitrogens with one attached hydrogen (secondary N) is 1. The molecular formula is C23H22N2O4. The number of benzene rings is 3. The van der Waals surface area contributed by atoms with Crippen molar-refractivity contribution >= 4 is 22.6 Å². The number of amides is 2. The van der Waals surface area contributed by atoms with Gasteiger partial charge in [0.1, 0.15) is 0 Å². The first-order chi connectivity index (χ1) is 14.0. The second kappa shape index (κ2) is 7.83. The Morgan fingerprint density at radius 2 is 1.97 bits per heavy atom. The van der Waals surface area contributed by atoms with Crippen LogP contribution in [0.25, 0.3) is 10.8 Å². The first-order valence-corrected chi connectivity index (χ1v) is 9.47. The van der Waals surface area contributed by atoms with E-state index in [9.17, 15) is 14.7 Å². The third-order valence-corrected chi connectivity index (χ3v) is 5.23. The Kier molecular flexibility index (Phi) is 5.08. The van der Waals surface area contributed by atoms with E-state index in [2.05, 4.69) is 23.5 Å². The van der Waals surface area contributed by atoms with Crippen molar-refractivity contribution in [1.29, 1.82) is 0 Å². The summed E-state index contributed by atoms with van der Waals surface area (Å²) in [4.78, 5) is 26.8. The predicted octanol–water partition coefficient (Wildman–Crippen LogP) is 3.08. The highest BCUT2D eigenvalue weighted by Gasteiger charge is 2.31. The largest absolute Gasteiger partial charge is 0.504 e. The Hall–Kier alpha value is -3.54. The number of hydrogen-bond acceptors (Lipinski definition) is 4. The number of methoxy groups -OCH3 is 1. The highest BCUT2D eigenvalue weighted by Crippen LogP contribution is 2.27. The summed E-state index contributed by atoms with van der Waals surface area (Å²) in [7, 11) is 1.45. The molecule has 2 N–H and O–H groups in total. The molecule has 0 aromatic heterocycles. The number of rotatable bonds is 5. The molecule has 1 unspecified atom stereocenters. The van der Waals surface area contributed by atoms with E-state index in [1.165, 1.54) is 19.2 Å². The van der Waals surface area contributed by atoms with E-state index in [0.29, 0.717) is 24.4 Å². The van der Waals surface area contributed by atoms with Gasteiger partial charge in [0.05, 0.1) is 13.2 Å². The third-order valence-electron chi connectivity index (χ3n) is 5.23. The number of fused-ring (bicyclic) bond motifs is 1. The van der Waals surface area contributed by atoms with Crippen molar-refractivity contribution in [3.05, 3.63) is 71.8 Å². The highest BCUT2D eigenvalue weighted by atomic mass is 16.5. The maximum atomic E-state index is 12.5. The van der Waals surface area contributed by atoms with Gasteiger partial charge in [-0.15, -0.1) is 0 Å². The van der Waals surface area contributed by atoms with Gasteiger partial charge >= 0.3 is 0 Å². The van der Waals surface area contributed by atoms with E-state index >= 15 is 0 Å². The Morgan fingerprint density at radius 3 is 2.76 bits per heavy atom. The maximum Gasteiger partial charge on any atom is 0.251 e. The molecule has 0 spiro atoms. The van der Waals surface area contributed by atoms with Gasteiger partial charge in [-0.25, -0.2) is 0 Å². The van der Waals surface area contributed by atoms with Gasteiger partial charge in [0.15, 0.2) is 11.5 Å². The van der Waals surface area contributed by atoms with E-state index < -0.39 is 0 Å². The molecule has 1 saturated heterocycles. The van der Waals surface area contributed by atoms with E-state index in [1.54, 1.807) is 11.0 Å². The molecule has 29 heavy (non-hydrogen) atoms. The number of phenolic OH excluding ortho intramolecular Hbond substituents is 1. The lowest BCUT2D eigenvalue weighted by Crippen LogP contribution is -2.37. The van der Waals surface area contributed by atoms with Crippen LogP contribution in [0.3, 0.4) is 0 Å². The topological polar surface area (TPSA) is 78.9 Å². The van der Waals surface area contributed by atoms with Gasteiger partial charge < -0.3 is 20.1 Å². The lowest BCUT2D eigenvalue weighted by atomic mass is 10.0. The van der Waals surface area contributed by atoms with Crippen molar-refractivity contribution in [2.75, 3.05) is 13.7 Å². The normalized spacial score (nSPS) is 16.2. The van der Waals surface area contributed by atoms with Crippen LogP contribution >= 0.6 is 0 Å². The zero-order valence-corrected chi connectivity index (χ0v) is 16.1. The first-order valence-electron chi connectivity index (χ1n) is 9.47. The van der Waals surface area contributed by atoms with E-state index in [0.717, 1.165) is 16.3 Å². The molecule has 148 valence electrons. The Labute approximate surface area is 168 Å². The molecule has 1 aliphatic heterocycles. The zero-order valence-electron chi connectivity index (χ0n) is 16.1. The number of hydrogen-bond donors (Lipinski definition) is 2. The van der Waals surface area contributed by atoms with Gasteiger partial charge in [-0.3, -0.25) is 9.59 Å². The summed E-state index contributed by atoms with van der Waals surface area (Å²) in [5.74, 6) is -0.104. The van der Waals surface area contributed by atoms with Crippen LogP contribution in [-0.4, -0.2) is 41.5 Å². The van der Waals surface area contributed by atoms with Crippen LogP contribution in [0, 0.1) is 0 Å². The van der Waals surface area contributed by atoms with Crippen molar-refractivity contribution in [3.63, 3.8) is 0 Å². The van der Waals surface area contributed by atoms with Gasteiger partial charge in [-0.1, -0.05) is 42.5 Å². The number of aromatic hydroxyl groups is 1. The Bertz CT molecular complexity index is 1070. The maximum absolute atomic E-state index is 12.5. The van der Waals surface area contributed by atoms with Crippen molar-refractivity contribution in [1.82, 2.24) is 10.2 Å². The molecule has 0 bridgehead atoms. The van der Waals surface area contributed by atoms with Crippen LogP contribution in [0.15, 0.2) is 60.7 Å². The predicted molar refractivity (Wildman–Crippen MR) is 110 cm³/mol. The quantitative estimate of drug-likeness (QED) is 0.702. The van der Waals surface area contributed by atoms with Gasteiger partial charge in [-0.05, 0) is 34.5 Å². The average Bonchev–Trinajstić information content (AvgIpc) is 3.06. The Morgan fingerprint density at radius 1 is 1.17 bits per heavy atom. The number of phenols is 1. The second-order valence-electron chi connectivity index (χ2n) is 7.17. The SMILES string of the molecule is COc1ccc(C(=O)NC2CC(=O)N(Cc3cccc4ccccc34)C2)cc1O. The van der Waals surface area contributed by atoms with Gasteiger partial charge in [0, 0.05) is 25.1 Å². The van der Waals surface area contributed by atoms with Crippen molar-refractivity contribution in [2.45, 2.75) is 19.0 Å². The molecule has 0 radical (unpaired) electrons. The third kappa shape index (κ3) is 3.87. The minimum absolute atomic E-state index is 0.0146. The summed E-state index contributed by atoms with van der Waals surface area (Å²) in [6, 6.07) is 18.4. The highest BCUT2D eigenvalue weighted by molar-refractivity contribution is 5.95. The standard InChI is InChI=1S/C23H22N2O4/c1-29-21-10-9-16(11-20(21)26)23(28)24-18-12-22(27)25(14-18)13-17-7-4-6-15-5-2-3-8-19(15)17/h2-11,18,26H,12-14H2,1H3,(H,24,28). The molecule has 3 aromatic rings. The molecule has 1 atom stereocenters. The van der Waals surface area contributed by atoms with Crippen molar-refractivity contribution in [2.24, 2.45) is 0 Å². The summed E-state index contributed by atoms with van der Waals surface area (Å²) in [6.45, 7) is 0.964. The molecule has 1 heterocycles. The van der Waals surface area contributed by atoms with Gasteiger partial charge in [-0.2, -0.15) is 0 Å². The lowest BCUT2D eigenvalue weighted by Gasteiger charge is -2.18. The van der Waals surface area contributed by atoms with Crippen LogP contribution in [0.1, 0.15) is 22.3 Å². The molecule has 0 saturated carbocycles. The fourth-order valence-corrected chi connectivity index (χ4v) is 3.76. The van der Waals surface area contributed by atoms with Gasteiger partial charge in [0.2, 0.25) is 5.91 Å². The van der Waals surface area contributed by atoms with Crippen LogP contribution in [0.2, 0.25) is 0 Å². The monoisotopic (exact) mass is 390 g/mol. The summed E-state index contributed by atoms with van der Waals surface area (Å²) in [6.07, 6.45) is 0.263. The molecule has 2 amide bonds. The lowest BCUT2D eigenvalue weighted by molar-refractivity contribution is -0.128. The van der Waals surface area contributed by atoms with Crippen LogP contribution in [0.4, 0.5) is 0 Å². The minimum atomic E-state index is -0.326. The van der Waals surface area contributed by atoms with Crippen LogP contribution < -0.4 is 10.1 Å². The number of ether oxygens (including phenoxy) is 1. The minimum Gasteiger partial charge on any atom is -0.504 e. The summed E-state index contributed by atoms with van der Waals surface area (Å²) < 4.78 is 5.00. The summed E-state index contributed by atoms with van der Waals surface area (Å²) in [5.41, 5.74) is 1.41. The van der Waals surface area contributed by atoms with Crippen molar-refractivity contribution in [3.8, 4) is 11.5 Å². The van der Waals surface area contributed by atoms with Gasteiger partial charge in [0.25, 0.3) is 5.91 Å². The number of carbonyl (C=O) groups is 2. The molecule has 0 aliphatic carbocycles. The molecule has 6 nitrogen and oxygen atoms in total. The number of nitrogens with zero attached hydrogens (tertiary/aromatic N) is 1. The van der Waals surface area contributed by atoms with E-state index in [4.69, 9.17) is 4.74 Å². The second-order valence-corrected chi connectivity index (χ2v) is 7.17. The van der Waals surface area contributed by atoms with E-state index in [1.807, 2.05) is 24.3 Å². The Balaban J connectivity index is 1.44. The first kappa shape index (κ1) is 18.8.